The van der Waals surface area contributed by atoms with E-state index in [2.05, 4.69) is 33.1 Å². The van der Waals surface area contributed by atoms with Gasteiger partial charge in [-0.3, -0.25) is 4.79 Å². The summed E-state index contributed by atoms with van der Waals surface area (Å²) < 4.78 is 17.0. The number of hydrogen-bond acceptors (Lipinski definition) is 6. The molecule has 9 heteroatoms. The van der Waals surface area contributed by atoms with Crippen molar-refractivity contribution in [2.24, 2.45) is 5.92 Å². The molecule has 0 radical (unpaired) electrons. The van der Waals surface area contributed by atoms with Gasteiger partial charge in [0.2, 0.25) is 0 Å². The Hall–Kier alpha value is -2.55. The van der Waals surface area contributed by atoms with Gasteiger partial charge in [0.05, 0.1) is 29.6 Å². The zero-order chi connectivity index (χ0) is 21.7. The third kappa shape index (κ3) is 5.29. The number of ether oxygens (including phenoxy) is 3. The molecule has 1 fully saturated rings. The molecule has 0 spiro atoms. The Morgan fingerprint density at radius 1 is 1.28 bits per heavy atom. The molecule has 0 aromatic heterocycles. The number of urea groups is 1. The summed E-state index contributed by atoms with van der Waals surface area (Å²) in [7, 11) is 0. The quantitative estimate of drug-likeness (QED) is 0.567. The maximum Gasteiger partial charge on any atom is 0.347 e. The number of nitrogens with one attached hydrogen (secondary N) is 2. The lowest BCUT2D eigenvalue weighted by Crippen LogP contribution is -2.50. The fourth-order valence-corrected chi connectivity index (χ4v) is 3.62. The molecule has 0 aliphatic carbocycles. The molecule has 1 saturated heterocycles. The van der Waals surface area contributed by atoms with Crippen LogP contribution >= 0.6 is 15.9 Å². The third-order valence-electron chi connectivity index (χ3n) is 4.31. The highest BCUT2D eigenvalue weighted by Crippen LogP contribution is 2.41. The number of esters is 1. The fraction of sp³-hybridized carbons (Fsp3) is 0.450. The molecular formula is C20H25BrN2O6. The summed E-state index contributed by atoms with van der Waals surface area (Å²) in [5.41, 5.74) is 0.962. The summed E-state index contributed by atoms with van der Waals surface area (Å²) in [5.74, 6) is -0.579. The molecule has 1 heterocycles. The predicted octanol–water partition coefficient (Wildman–Crippen LogP) is 3.25. The maximum absolute atomic E-state index is 12.2. The van der Waals surface area contributed by atoms with Crippen LogP contribution < -0.4 is 20.1 Å². The Morgan fingerprint density at radius 2 is 1.97 bits per heavy atom. The number of ketones is 1. The van der Waals surface area contributed by atoms with Crippen LogP contribution in [0.4, 0.5) is 4.79 Å². The van der Waals surface area contributed by atoms with Crippen LogP contribution in [0.3, 0.4) is 0 Å². The fourth-order valence-electron chi connectivity index (χ4n) is 3.07. The molecule has 1 aromatic carbocycles. The minimum atomic E-state index is -0.848. The van der Waals surface area contributed by atoms with Crippen LogP contribution in [0.25, 0.3) is 0 Å². The van der Waals surface area contributed by atoms with Gasteiger partial charge < -0.3 is 24.8 Å². The number of Topliss-reactive ketones (excluding diaryl/α,β-unsaturated/α-hetero) is 1. The van der Waals surface area contributed by atoms with Gasteiger partial charge in [-0.2, -0.15) is 0 Å². The normalized spacial score (nSPS) is 19.6. The Bertz CT molecular complexity index is 825. The molecule has 3 atom stereocenters. The smallest absolute Gasteiger partial charge is 0.347 e. The van der Waals surface area contributed by atoms with Crippen molar-refractivity contribution in [1.29, 1.82) is 0 Å². The van der Waals surface area contributed by atoms with Crippen molar-refractivity contribution >= 4 is 33.7 Å². The first kappa shape index (κ1) is 22.7. The van der Waals surface area contributed by atoms with Crippen LogP contribution in [0.5, 0.6) is 11.5 Å². The molecule has 0 bridgehead atoms. The molecular weight excluding hydrogens is 444 g/mol. The standard InChI is InChI=1S/C20H25BrN2O6/c1-6-27-15-9-13(17-16(11(4)24)10(3)22-20(26)23-17)8-14(21)18(15)29-12(5)19(25)28-7-2/h8-9,12,16-17H,3,6-7H2,1-2,4-5H3,(H2,22,23,26)/t12-,16-,17-/m0/s1. The van der Waals surface area contributed by atoms with Gasteiger partial charge in [0, 0.05) is 5.70 Å². The molecule has 0 saturated carbocycles. The minimum absolute atomic E-state index is 0.141. The number of halogens is 1. The lowest BCUT2D eigenvalue weighted by Gasteiger charge is -2.33. The molecule has 29 heavy (non-hydrogen) atoms. The van der Waals surface area contributed by atoms with Crippen molar-refractivity contribution in [3.63, 3.8) is 0 Å². The molecule has 0 unspecified atom stereocenters. The van der Waals surface area contributed by atoms with Crippen LogP contribution in [0, 0.1) is 5.92 Å². The summed E-state index contributed by atoms with van der Waals surface area (Å²) in [6.07, 6.45) is -0.848. The molecule has 158 valence electrons. The highest BCUT2D eigenvalue weighted by atomic mass is 79.9. The van der Waals surface area contributed by atoms with Crippen LogP contribution in [0.1, 0.15) is 39.3 Å². The average molecular weight is 469 g/mol. The SMILES string of the molecule is C=C1NC(=O)N[C@@H](c2cc(Br)c(O[C@@H](C)C(=O)OCC)c(OCC)c2)[C@@H]1C(C)=O. The molecule has 1 aliphatic rings. The van der Waals surface area contributed by atoms with Gasteiger partial charge in [-0.05, 0) is 61.3 Å². The second kappa shape index (κ2) is 9.78. The zero-order valence-electron chi connectivity index (χ0n) is 16.8. The molecule has 2 rings (SSSR count). The van der Waals surface area contributed by atoms with Crippen LogP contribution in [-0.2, 0) is 14.3 Å². The number of carbonyl (C=O) groups excluding carboxylic acids is 3. The predicted molar refractivity (Wildman–Crippen MR) is 110 cm³/mol. The Balaban J connectivity index is 2.44. The van der Waals surface area contributed by atoms with Gasteiger partial charge in [0.25, 0.3) is 0 Å². The molecule has 1 aromatic rings. The van der Waals surface area contributed by atoms with E-state index in [-0.39, 0.29) is 12.4 Å². The van der Waals surface area contributed by atoms with Crippen molar-refractivity contribution in [2.45, 2.75) is 39.8 Å². The van der Waals surface area contributed by atoms with Crippen LogP contribution in [0.2, 0.25) is 0 Å². The van der Waals surface area contributed by atoms with E-state index in [0.717, 1.165) is 0 Å². The van der Waals surface area contributed by atoms with Crippen LogP contribution in [0.15, 0.2) is 28.9 Å². The highest BCUT2D eigenvalue weighted by Gasteiger charge is 2.36. The lowest BCUT2D eigenvalue weighted by molar-refractivity contribution is -0.150. The van der Waals surface area contributed by atoms with E-state index in [4.69, 9.17) is 14.2 Å². The summed E-state index contributed by atoms with van der Waals surface area (Å²) in [6.45, 7) is 11.0. The summed E-state index contributed by atoms with van der Waals surface area (Å²) >= 11 is 3.45. The van der Waals surface area contributed by atoms with Crippen molar-refractivity contribution in [3.8, 4) is 11.5 Å². The van der Waals surface area contributed by atoms with Crippen molar-refractivity contribution in [2.75, 3.05) is 13.2 Å². The third-order valence-corrected chi connectivity index (χ3v) is 4.90. The van der Waals surface area contributed by atoms with Gasteiger partial charge in [0.1, 0.15) is 5.78 Å². The summed E-state index contributed by atoms with van der Waals surface area (Å²) in [6, 6.07) is 2.33. The molecule has 2 N–H and O–H groups in total. The number of carbonyl (C=O) groups is 3. The Labute approximate surface area is 178 Å². The van der Waals surface area contributed by atoms with E-state index in [1.165, 1.54) is 6.92 Å². The number of amides is 2. The van der Waals surface area contributed by atoms with E-state index in [0.29, 0.717) is 33.8 Å². The van der Waals surface area contributed by atoms with Gasteiger partial charge in [0.15, 0.2) is 17.6 Å². The zero-order valence-corrected chi connectivity index (χ0v) is 18.4. The molecule has 1 aliphatic heterocycles. The van der Waals surface area contributed by atoms with Gasteiger partial charge in [-0.1, -0.05) is 6.58 Å². The number of hydrogen-bond donors (Lipinski definition) is 2. The van der Waals surface area contributed by atoms with Gasteiger partial charge >= 0.3 is 12.0 Å². The van der Waals surface area contributed by atoms with E-state index in [9.17, 15) is 14.4 Å². The number of benzene rings is 1. The second-order valence-corrected chi connectivity index (χ2v) is 7.32. The van der Waals surface area contributed by atoms with E-state index in [1.807, 2.05) is 6.92 Å². The second-order valence-electron chi connectivity index (χ2n) is 6.46. The van der Waals surface area contributed by atoms with Crippen molar-refractivity contribution in [3.05, 3.63) is 34.4 Å². The van der Waals surface area contributed by atoms with Crippen molar-refractivity contribution in [1.82, 2.24) is 10.6 Å². The van der Waals surface area contributed by atoms with E-state index >= 15 is 0 Å². The Morgan fingerprint density at radius 3 is 2.55 bits per heavy atom. The topological polar surface area (TPSA) is 103 Å². The average Bonchev–Trinajstić information content (AvgIpc) is 2.63. The van der Waals surface area contributed by atoms with Gasteiger partial charge in [-0.15, -0.1) is 0 Å². The molecule has 8 nitrogen and oxygen atoms in total. The van der Waals surface area contributed by atoms with Crippen molar-refractivity contribution < 1.29 is 28.6 Å². The largest absolute Gasteiger partial charge is 0.490 e. The lowest BCUT2D eigenvalue weighted by atomic mass is 9.86. The molecule has 2 amide bonds. The highest BCUT2D eigenvalue weighted by molar-refractivity contribution is 9.10. The van der Waals surface area contributed by atoms with Gasteiger partial charge in [-0.25, -0.2) is 9.59 Å². The van der Waals surface area contributed by atoms with Crippen LogP contribution in [-0.4, -0.2) is 37.1 Å². The first-order valence-electron chi connectivity index (χ1n) is 9.25. The monoisotopic (exact) mass is 468 g/mol. The van der Waals surface area contributed by atoms with E-state index < -0.39 is 30.1 Å². The summed E-state index contributed by atoms with van der Waals surface area (Å²) in [4.78, 5) is 36.1. The minimum Gasteiger partial charge on any atom is -0.490 e. The first-order chi connectivity index (χ1) is 13.7. The first-order valence-corrected chi connectivity index (χ1v) is 10.0. The maximum atomic E-state index is 12.2. The number of rotatable bonds is 8. The van der Waals surface area contributed by atoms with E-state index in [1.54, 1.807) is 26.0 Å². The Kier molecular flexibility index (Phi) is 7.66. The summed E-state index contributed by atoms with van der Waals surface area (Å²) in [5, 5.41) is 5.31.